The molecule has 0 bridgehead atoms. The van der Waals surface area contributed by atoms with E-state index in [0.717, 1.165) is 25.9 Å². The molecular weight excluding hydrogens is 260 g/mol. The first-order valence-electron chi connectivity index (χ1n) is 6.56. The van der Waals surface area contributed by atoms with Gasteiger partial charge >= 0.3 is 5.69 Å². The molecule has 2 aromatic heterocycles. The summed E-state index contributed by atoms with van der Waals surface area (Å²) in [5.41, 5.74) is 0.417. The summed E-state index contributed by atoms with van der Waals surface area (Å²) < 4.78 is 1.89. The molecule has 0 unspecified atom stereocenters. The minimum Gasteiger partial charge on any atom is -0.318 e. The summed E-state index contributed by atoms with van der Waals surface area (Å²) in [5, 5.41) is 10.3. The smallest absolute Gasteiger partial charge is 0.318 e. The summed E-state index contributed by atoms with van der Waals surface area (Å²) in [6, 6.07) is 0.369. The third-order valence-electron chi connectivity index (χ3n) is 3.38. The van der Waals surface area contributed by atoms with E-state index in [1.165, 1.54) is 6.20 Å². The van der Waals surface area contributed by atoms with Crippen LogP contribution >= 0.6 is 0 Å². The summed E-state index contributed by atoms with van der Waals surface area (Å²) in [7, 11) is 0. The van der Waals surface area contributed by atoms with Gasteiger partial charge in [-0.05, 0) is 25.9 Å². The van der Waals surface area contributed by atoms with Crippen LogP contribution in [-0.4, -0.2) is 38.7 Å². The van der Waals surface area contributed by atoms with E-state index in [2.05, 4.69) is 25.7 Å². The van der Waals surface area contributed by atoms with Gasteiger partial charge in [-0.25, -0.2) is 4.79 Å². The number of amides is 1. The molecule has 106 valence electrons. The number of imidazole rings is 1. The number of nitrogens with zero attached hydrogens (tertiary/aromatic N) is 2. The molecule has 20 heavy (non-hydrogen) atoms. The maximum Gasteiger partial charge on any atom is 0.323 e. The summed E-state index contributed by atoms with van der Waals surface area (Å²) in [6.45, 7) is 1.97. The Bertz CT molecular complexity index is 649. The first-order chi connectivity index (χ1) is 9.72. The van der Waals surface area contributed by atoms with Crippen molar-refractivity contribution in [2.75, 3.05) is 18.4 Å². The Morgan fingerprint density at radius 1 is 1.40 bits per heavy atom. The molecule has 0 radical (unpaired) electrons. The lowest BCUT2D eigenvalue weighted by molar-refractivity contribution is 0.102. The average Bonchev–Trinajstić information content (AvgIpc) is 3.09. The minimum absolute atomic E-state index is 0.199. The van der Waals surface area contributed by atoms with Crippen molar-refractivity contribution in [2.45, 2.75) is 18.9 Å². The van der Waals surface area contributed by atoms with Gasteiger partial charge in [-0.15, -0.1) is 0 Å². The Morgan fingerprint density at radius 3 is 2.90 bits per heavy atom. The number of H-pyrrole nitrogens is 2. The van der Waals surface area contributed by atoms with Gasteiger partial charge in [-0.2, -0.15) is 5.10 Å². The zero-order chi connectivity index (χ0) is 13.9. The van der Waals surface area contributed by atoms with Gasteiger partial charge in [0.1, 0.15) is 5.69 Å². The molecule has 1 saturated heterocycles. The fourth-order valence-electron chi connectivity index (χ4n) is 2.33. The van der Waals surface area contributed by atoms with Crippen LogP contribution in [0.1, 0.15) is 29.4 Å². The van der Waals surface area contributed by atoms with Crippen molar-refractivity contribution in [2.24, 2.45) is 0 Å². The van der Waals surface area contributed by atoms with Crippen LogP contribution in [0.2, 0.25) is 0 Å². The summed E-state index contributed by atoms with van der Waals surface area (Å²) in [4.78, 5) is 27.6. The Morgan fingerprint density at radius 2 is 2.20 bits per heavy atom. The summed E-state index contributed by atoms with van der Waals surface area (Å²) >= 11 is 0. The van der Waals surface area contributed by atoms with E-state index in [1.54, 1.807) is 6.20 Å². The average molecular weight is 276 g/mol. The second kappa shape index (κ2) is 5.33. The number of nitrogens with one attached hydrogen (secondary N) is 4. The first kappa shape index (κ1) is 12.7. The molecule has 8 nitrogen and oxygen atoms in total. The maximum atomic E-state index is 11.9. The molecule has 0 aromatic carbocycles. The van der Waals surface area contributed by atoms with Gasteiger partial charge in [0.15, 0.2) is 0 Å². The van der Waals surface area contributed by atoms with Crippen LogP contribution in [0.25, 0.3) is 0 Å². The van der Waals surface area contributed by atoms with Crippen molar-refractivity contribution in [1.29, 1.82) is 0 Å². The largest absolute Gasteiger partial charge is 0.323 e. The standard InChI is InChI=1S/C12H16N6O2/c19-11(10-6-14-12(20)17-10)16-8-5-15-18(7-8)9-1-3-13-4-2-9/h5-7,9,13H,1-4H2,(H,16,19)(H2,14,17,20). The highest BCUT2D eigenvalue weighted by molar-refractivity contribution is 6.02. The van der Waals surface area contributed by atoms with Crippen molar-refractivity contribution < 1.29 is 4.79 Å². The van der Waals surface area contributed by atoms with Crippen molar-refractivity contribution in [1.82, 2.24) is 25.1 Å². The van der Waals surface area contributed by atoms with Crippen LogP contribution in [0, 0.1) is 0 Å². The topological polar surface area (TPSA) is 108 Å². The second-order valence-electron chi connectivity index (χ2n) is 4.80. The third kappa shape index (κ3) is 2.64. The zero-order valence-electron chi connectivity index (χ0n) is 10.8. The minimum atomic E-state index is -0.402. The molecule has 4 N–H and O–H groups in total. The highest BCUT2D eigenvalue weighted by atomic mass is 16.2. The van der Waals surface area contributed by atoms with E-state index in [1.807, 2.05) is 10.9 Å². The fourth-order valence-corrected chi connectivity index (χ4v) is 2.33. The summed E-state index contributed by atoms with van der Waals surface area (Å²) in [6.07, 6.45) is 6.83. The molecule has 1 aliphatic rings. The molecule has 1 amide bonds. The first-order valence-corrected chi connectivity index (χ1v) is 6.56. The van der Waals surface area contributed by atoms with Crippen LogP contribution in [0.5, 0.6) is 0 Å². The molecule has 0 aliphatic carbocycles. The zero-order valence-corrected chi connectivity index (χ0v) is 10.8. The van der Waals surface area contributed by atoms with Crippen molar-refractivity contribution in [3.8, 4) is 0 Å². The van der Waals surface area contributed by atoms with Gasteiger partial charge in [-0.3, -0.25) is 9.48 Å². The van der Waals surface area contributed by atoms with Gasteiger partial charge < -0.3 is 20.6 Å². The number of carbonyl (C=O) groups is 1. The summed E-state index contributed by atoms with van der Waals surface area (Å²) in [5.74, 6) is -0.367. The van der Waals surface area contributed by atoms with E-state index >= 15 is 0 Å². The van der Waals surface area contributed by atoms with Gasteiger partial charge in [0.25, 0.3) is 5.91 Å². The molecule has 1 aliphatic heterocycles. The van der Waals surface area contributed by atoms with Gasteiger partial charge in [0.2, 0.25) is 0 Å². The monoisotopic (exact) mass is 276 g/mol. The van der Waals surface area contributed by atoms with E-state index in [0.29, 0.717) is 11.7 Å². The van der Waals surface area contributed by atoms with Crippen LogP contribution in [0.4, 0.5) is 5.69 Å². The van der Waals surface area contributed by atoms with E-state index in [4.69, 9.17) is 0 Å². The predicted octanol–water partition coefficient (Wildman–Crippen LogP) is 0.0763. The number of aromatic nitrogens is 4. The lowest BCUT2D eigenvalue weighted by Gasteiger charge is -2.22. The molecule has 0 atom stereocenters. The molecular formula is C12H16N6O2. The Balaban J connectivity index is 1.67. The van der Waals surface area contributed by atoms with Gasteiger partial charge in [0, 0.05) is 12.4 Å². The number of carbonyl (C=O) groups excluding carboxylic acids is 1. The molecule has 0 spiro atoms. The number of aromatic amines is 2. The van der Waals surface area contributed by atoms with Crippen LogP contribution in [-0.2, 0) is 0 Å². The molecule has 3 heterocycles. The number of hydrogen-bond acceptors (Lipinski definition) is 4. The lowest BCUT2D eigenvalue weighted by atomic mass is 10.1. The van der Waals surface area contributed by atoms with Gasteiger partial charge in [-0.1, -0.05) is 0 Å². The number of rotatable bonds is 3. The SMILES string of the molecule is O=C(Nc1cnn(C2CCNCC2)c1)c1c[nH]c(=O)[nH]1. The van der Waals surface area contributed by atoms with Crippen molar-refractivity contribution >= 4 is 11.6 Å². The van der Waals surface area contributed by atoms with Crippen molar-refractivity contribution in [3.05, 3.63) is 34.8 Å². The Hall–Kier alpha value is -2.35. The highest BCUT2D eigenvalue weighted by Crippen LogP contribution is 2.19. The maximum absolute atomic E-state index is 11.9. The highest BCUT2D eigenvalue weighted by Gasteiger charge is 2.16. The van der Waals surface area contributed by atoms with E-state index < -0.39 is 5.69 Å². The number of piperidine rings is 1. The Kier molecular flexibility index (Phi) is 3.38. The molecule has 3 rings (SSSR count). The van der Waals surface area contributed by atoms with Crippen LogP contribution in [0.3, 0.4) is 0 Å². The quantitative estimate of drug-likeness (QED) is 0.636. The molecule has 8 heteroatoms. The number of anilines is 1. The molecule has 1 fully saturated rings. The predicted molar refractivity (Wildman–Crippen MR) is 72.7 cm³/mol. The van der Waals surface area contributed by atoms with Crippen LogP contribution in [0.15, 0.2) is 23.4 Å². The molecule has 2 aromatic rings. The normalized spacial score (nSPS) is 16.2. The number of hydrogen-bond donors (Lipinski definition) is 4. The van der Waals surface area contributed by atoms with Gasteiger partial charge in [0.05, 0.1) is 17.9 Å². The van der Waals surface area contributed by atoms with E-state index in [9.17, 15) is 9.59 Å². The van der Waals surface area contributed by atoms with Crippen LogP contribution < -0.4 is 16.3 Å². The molecule has 0 saturated carbocycles. The third-order valence-corrected chi connectivity index (χ3v) is 3.38. The van der Waals surface area contributed by atoms with Crippen molar-refractivity contribution in [3.63, 3.8) is 0 Å². The lowest BCUT2D eigenvalue weighted by Crippen LogP contribution is -2.29. The van der Waals surface area contributed by atoms with E-state index in [-0.39, 0.29) is 11.6 Å². The Labute approximate surface area is 114 Å². The fraction of sp³-hybridized carbons (Fsp3) is 0.417. The second-order valence-corrected chi connectivity index (χ2v) is 4.80.